The molecule has 31 heavy (non-hydrogen) atoms. The quantitative estimate of drug-likeness (QED) is 0.753. The molecule has 0 aromatic heterocycles. The first kappa shape index (κ1) is 21.2. The van der Waals surface area contributed by atoms with E-state index in [1.54, 1.807) is 14.0 Å². The van der Waals surface area contributed by atoms with Gasteiger partial charge in [-0.2, -0.15) is 0 Å². The Morgan fingerprint density at radius 2 is 1.77 bits per heavy atom. The van der Waals surface area contributed by atoms with Gasteiger partial charge in [0.05, 0.1) is 19.2 Å². The lowest BCUT2D eigenvalue weighted by Gasteiger charge is -2.43. The zero-order chi connectivity index (χ0) is 22.0. The smallest absolute Gasteiger partial charge is 0.258 e. The van der Waals surface area contributed by atoms with Gasteiger partial charge in [0.15, 0.2) is 0 Å². The van der Waals surface area contributed by atoms with Gasteiger partial charge < -0.3 is 19.3 Å². The average molecular weight is 423 g/mol. The largest absolute Gasteiger partial charge is 0.496 e. The molecule has 1 heterocycles. The Labute approximate surface area is 183 Å². The van der Waals surface area contributed by atoms with Crippen LogP contribution < -0.4 is 9.47 Å². The van der Waals surface area contributed by atoms with Crippen molar-refractivity contribution in [2.75, 3.05) is 20.7 Å². The van der Waals surface area contributed by atoms with Crippen LogP contribution in [0.5, 0.6) is 11.5 Å². The summed E-state index contributed by atoms with van der Waals surface area (Å²) in [4.78, 5) is 29.1. The predicted octanol–water partition coefficient (Wildman–Crippen LogP) is 3.89. The zero-order valence-electron chi connectivity index (χ0n) is 18.5. The number of hydrogen-bond acceptors (Lipinski definition) is 4. The maximum absolute atomic E-state index is 13.6. The summed E-state index contributed by atoms with van der Waals surface area (Å²) in [5.41, 5.74) is 1.11. The van der Waals surface area contributed by atoms with E-state index in [1.807, 2.05) is 65.4 Å². The van der Waals surface area contributed by atoms with Crippen molar-refractivity contribution in [1.82, 2.24) is 9.80 Å². The normalized spacial score (nSPS) is 22.8. The minimum Gasteiger partial charge on any atom is -0.496 e. The van der Waals surface area contributed by atoms with Crippen molar-refractivity contribution in [2.45, 2.75) is 50.8 Å². The van der Waals surface area contributed by atoms with E-state index in [1.165, 1.54) is 0 Å². The molecule has 4 rings (SSSR count). The molecule has 164 valence electrons. The second-order valence-electron chi connectivity index (χ2n) is 8.62. The lowest BCUT2D eigenvalue weighted by molar-refractivity contribution is -0.131. The number of nitrogens with zero attached hydrogens (tertiary/aromatic N) is 2. The number of methoxy groups -OCH3 is 1. The fraction of sp³-hybridized carbons (Fsp3) is 0.440. The van der Waals surface area contributed by atoms with Crippen molar-refractivity contribution in [2.24, 2.45) is 0 Å². The van der Waals surface area contributed by atoms with E-state index in [-0.39, 0.29) is 17.9 Å². The maximum Gasteiger partial charge on any atom is 0.258 e. The Hall–Kier alpha value is -3.02. The summed E-state index contributed by atoms with van der Waals surface area (Å²) >= 11 is 0. The SMILES string of the molecule is COc1ccccc1C(=O)N1Cc2ccccc2OC2(CCC(N(C)C(C)=O)CC2)C1. The number of rotatable bonds is 3. The summed E-state index contributed by atoms with van der Waals surface area (Å²) in [5, 5.41) is 0. The molecule has 6 nitrogen and oxygen atoms in total. The van der Waals surface area contributed by atoms with E-state index < -0.39 is 5.60 Å². The van der Waals surface area contributed by atoms with Crippen molar-refractivity contribution < 1.29 is 19.1 Å². The molecule has 0 saturated heterocycles. The number of carbonyl (C=O) groups excluding carboxylic acids is 2. The number of fused-ring (bicyclic) bond motifs is 1. The Morgan fingerprint density at radius 1 is 1.10 bits per heavy atom. The second kappa shape index (κ2) is 8.61. The first-order chi connectivity index (χ1) is 14.9. The van der Waals surface area contributed by atoms with Gasteiger partial charge in [-0.25, -0.2) is 0 Å². The molecule has 1 aliphatic carbocycles. The van der Waals surface area contributed by atoms with E-state index in [0.717, 1.165) is 37.0 Å². The van der Waals surface area contributed by atoms with Gasteiger partial charge in [0.25, 0.3) is 5.91 Å². The second-order valence-corrected chi connectivity index (χ2v) is 8.62. The molecular formula is C25H30N2O4. The third-order valence-electron chi connectivity index (χ3n) is 6.67. The number of ether oxygens (including phenoxy) is 2. The van der Waals surface area contributed by atoms with Crippen LogP contribution in [0, 0.1) is 0 Å². The molecule has 0 atom stereocenters. The van der Waals surface area contributed by atoms with E-state index in [4.69, 9.17) is 9.47 Å². The molecule has 1 aliphatic heterocycles. The molecule has 1 spiro atoms. The van der Waals surface area contributed by atoms with Crippen LogP contribution in [0.4, 0.5) is 0 Å². The van der Waals surface area contributed by atoms with Gasteiger partial charge >= 0.3 is 0 Å². The van der Waals surface area contributed by atoms with Crippen LogP contribution in [0.2, 0.25) is 0 Å². The molecule has 0 bridgehead atoms. The highest BCUT2D eigenvalue weighted by atomic mass is 16.5. The predicted molar refractivity (Wildman–Crippen MR) is 118 cm³/mol. The van der Waals surface area contributed by atoms with Crippen molar-refractivity contribution in [3.05, 3.63) is 59.7 Å². The summed E-state index contributed by atoms with van der Waals surface area (Å²) in [7, 11) is 3.45. The summed E-state index contributed by atoms with van der Waals surface area (Å²) in [6, 6.07) is 15.5. The molecule has 6 heteroatoms. The summed E-state index contributed by atoms with van der Waals surface area (Å²) in [6.45, 7) is 2.61. The third-order valence-corrected chi connectivity index (χ3v) is 6.67. The van der Waals surface area contributed by atoms with E-state index in [2.05, 4.69) is 0 Å². The van der Waals surface area contributed by atoms with Crippen LogP contribution in [0.3, 0.4) is 0 Å². The van der Waals surface area contributed by atoms with Crippen LogP contribution in [-0.4, -0.2) is 54.0 Å². The standard InChI is InChI=1S/C25H30N2O4/c1-18(28)26(2)20-12-14-25(15-13-20)17-27(16-19-8-4-6-10-22(19)31-25)24(29)21-9-5-7-11-23(21)30-3/h4-11,20H,12-17H2,1-3H3. The van der Waals surface area contributed by atoms with Crippen molar-refractivity contribution in [3.63, 3.8) is 0 Å². The van der Waals surface area contributed by atoms with Crippen LogP contribution >= 0.6 is 0 Å². The number of carbonyl (C=O) groups is 2. The van der Waals surface area contributed by atoms with Gasteiger partial charge in [-0.1, -0.05) is 30.3 Å². The van der Waals surface area contributed by atoms with E-state index in [9.17, 15) is 9.59 Å². The van der Waals surface area contributed by atoms with Crippen molar-refractivity contribution >= 4 is 11.8 Å². The Kier molecular flexibility index (Phi) is 5.90. The van der Waals surface area contributed by atoms with E-state index >= 15 is 0 Å². The third kappa shape index (κ3) is 4.24. The Bertz CT molecular complexity index is 965. The molecule has 2 amide bonds. The molecule has 0 radical (unpaired) electrons. The Balaban J connectivity index is 1.64. The van der Waals surface area contributed by atoms with Gasteiger partial charge in [0.2, 0.25) is 5.91 Å². The average Bonchev–Trinajstić information content (AvgIpc) is 2.95. The fourth-order valence-electron chi connectivity index (χ4n) is 4.78. The molecule has 2 aromatic carbocycles. The highest BCUT2D eigenvalue weighted by molar-refractivity contribution is 5.97. The number of amides is 2. The lowest BCUT2D eigenvalue weighted by atomic mass is 9.81. The topological polar surface area (TPSA) is 59.1 Å². The Morgan fingerprint density at radius 3 is 2.48 bits per heavy atom. The molecular weight excluding hydrogens is 392 g/mol. The maximum atomic E-state index is 13.6. The fourth-order valence-corrected chi connectivity index (χ4v) is 4.78. The van der Waals surface area contributed by atoms with Gasteiger partial charge in [0, 0.05) is 32.1 Å². The van der Waals surface area contributed by atoms with Gasteiger partial charge in [-0.15, -0.1) is 0 Å². The first-order valence-corrected chi connectivity index (χ1v) is 10.8. The molecule has 0 unspecified atom stereocenters. The lowest BCUT2D eigenvalue weighted by Crippen LogP contribution is -2.52. The van der Waals surface area contributed by atoms with Crippen LogP contribution in [0.15, 0.2) is 48.5 Å². The van der Waals surface area contributed by atoms with Gasteiger partial charge in [-0.05, 0) is 43.9 Å². The monoisotopic (exact) mass is 422 g/mol. The minimum absolute atomic E-state index is 0.0555. The number of benzene rings is 2. The molecule has 0 N–H and O–H groups in total. The molecule has 1 fully saturated rings. The van der Waals surface area contributed by atoms with Crippen molar-refractivity contribution in [1.29, 1.82) is 0 Å². The summed E-state index contributed by atoms with van der Waals surface area (Å²) < 4.78 is 12.1. The highest BCUT2D eigenvalue weighted by Gasteiger charge is 2.43. The summed E-state index contributed by atoms with van der Waals surface area (Å²) in [6.07, 6.45) is 3.29. The minimum atomic E-state index is -0.460. The van der Waals surface area contributed by atoms with Gasteiger partial charge in [-0.3, -0.25) is 9.59 Å². The molecule has 2 aliphatic rings. The first-order valence-electron chi connectivity index (χ1n) is 10.8. The summed E-state index contributed by atoms with van der Waals surface area (Å²) in [5.74, 6) is 1.45. The molecule has 2 aromatic rings. The van der Waals surface area contributed by atoms with Crippen LogP contribution in [0.1, 0.15) is 48.5 Å². The van der Waals surface area contributed by atoms with E-state index in [0.29, 0.717) is 24.4 Å². The van der Waals surface area contributed by atoms with Crippen LogP contribution in [-0.2, 0) is 11.3 Å². The zero-order valence-corrected chi connectivity index (χ0v) is 18.5. The number of hydrogen-bond donors (Lipinski definition) is 0. The van der Waals surface area contributed by atoms with Gasteiger partial charge in [0.1, 0.15) is 17.1 Å². The highest BCUT2D eigenvalue weighted by Crippen LogP contribution is 2.40. The van der Waals surface area contributed by atoms with Crippen molar-refractivity contribution in [3.8, 4) is 11.5 Å². The number of para-hydroxylation sites is 2. The molecule has 1 saturated carbocycles. The van der Waals surface area contributed by atoms with Crippen LogP contribution in [0.25, 0.3) is 0 Å².